The van der Waals surface area contributed by atoms with Crippen LogP contribution in [0, 0.1) is 13.8 Å². The van der Waals surface area contributed by atoms with Crippen LogP contribution in [0.25, 0.3) is 0 Å². The fourth-order valence-corrected chi connectivity index (χ4v) is 7.68. The lowest BCUT2D eigenvalue weighted by Gasteiger charge is -2.05. The molecular weight excluding hydrogens is 745 g/mol. The largest absolute Gasteiger partial charge is 0.519 e. The molecular formula is C53H90N2O5. The van der Waals surface area contributed by atoms with Crippen LogP contribution < -0.4 is 20.9 Å². The Hall–Kier alpha value is -3.35. The summed E-state index contributed by atoms with van der Waals surface area (Å²) in [5.41, 5.74) is 12.6. The van der Waals surface area contributed by atoms with Crippen molar-refractivity contribution in [3.05, 3.63) is 59.7 Å². The van der Waals surface area contributed by atoms with Gasteiger partial charge in [0.05, 0.1) is 0 Å². The van der Waals surface area contributed by atoms with Crippen LogP contribution in [0.3, 0.4) is 0 Å². The molecule has 0 aliphatic rings. The van der Waals surface area contributed by atoms with Crippen molar-refractivity contribution in [1.29, 1.82) is 0 Å². The molecule has 0 bridgehead atoms. The molecule has 342 valence electrons. The topological polar surface area (TPSA) is 122 Å². The molecule has 7 heteroatoms. The molecule has 0 unspecified atom stereocenters. The van der Waals surface area contributed by atoms with Crippen molar-refractivity contribution in [3.63, 3.8) is 0 Å². The summed E-state index contributed by atoms with van der Waals surface area (Å²) < 4.78 is 10.1. The van der Waals surface area contributed by atoms with Gasteiger partial charge >= 0.3 is 6.16 Å². The van der Waals surface area contributed by atoms with Crippen molar-refractivity contribution >= 4 is 18.0 Å². The zero-order chi connectivity index (χ0) is 43.6. The smallest absolute Gasteiger partial charge is 0.395 e. The molecule has 60 heavy (non-hydrogen) atoms. The molecule has 0 heterocycles. The van der Waals surface area contributed by atoms with Gasteiger partial charge in [-0.3, -0.25) is 9.59 Å². The van der Waals surface area contributed by atoms with Crippen LogP contribution in [0.4, 0.5) is 4.79 Å². The van der Waals surface area contributed by atoms with E-state index >= 15 is 0 Å². The molecule has 0 saturated heterocycles. The van der Waals surface area contributed by atoms with Crippen LogP contribution in [0.1, 0.15) is 242 Å². The van der Waals surface area contributed by atoms with Crippen molar-refractivity contribution in [1.82, 2.24) is 0 Å². The minimum atomic E-state index is -0.734. The molecule has 0 aromatic heterocycles. The monoisotopic (exact) mass is 835 g/mol. The molecule has 2 aromatic carbocycles. The Morgan fingerprint density at radius 3 is 0.650 bits per heavy atom. The predicted octanol–water partition coefficient (Wildman–Crippen LogP) is 15.9. The van der Waals surface area contributed by atoms with E-state index in [9.17, 15) is 14.4 Å². The van der Waals surface area contributed by atoms with E-state index in [2.05, 4.69) is 0 Å². The number of rotatable bonds is 39. The molecule has 4 N–H and O–H groups in total. The summed E-state index contributed by atoms with van der Waals surface area (Å²) in [6, 6.07) is 14.4. The molecule has 0 fully saturated rings. The van der Waals surface area contributed by atoms with Crippen molar-refractivity contribution < 1.29 is 23.9 Å². The first kappa shape index (κ1) is 54.7. The number of unbranched alkanes of at least 4 members (excludes halogenated alkanes) is 33. The van der Waals surface area contributed by atoms with E-state index in [0.717, 1.165) is 36.8 Å². The quantitative estimate of drug-likeness (QED) is 0.0394. The lowest BCUT2D eigenvalue weighted by molar-refractivity contribution is -0.119. The highest BCUT2D eigenvalue weighted by Crippen LogP contribution is 2.18. The number of carbonyl (C=O) groups is 3. The summed E-state index contributed by atoms with van der Waals surface area (Å²) in [4.78, 5) is 32.9. The van der Waals surface area contributed by atoms with Crippen LogP contribution in [0.15, 0.2) is 48.5 Å². The van der Waals surface area contributed by atoms with Crippen molar-refractivity contribution in [2.45, 2.75) is 245 Å². The van der Waals surface area contributed by atoms with Crippen LogP contribution in [-0.2, 0) is 9.59 Å². The first-order chi connectivity index (χ1) is 29.3. The number of hydrogen-bond acceptors (Lipinski definition) is 5. The van der Waals surface area contributed by atoms with Gasteiger partial charge in [-0.05, 0) is 51.0 Å². The van der Waals surface area contributed by atoms with Crippen LogP contribution in [-0.4, -0.2) is 18.0 Å². The van der Waals surface area contributed by atoms with E-state index in [1.807, 2.05) is 38.1 Å². The van der Waals surface area contributed by atoms with Crippen LogP contribution in [0.2, 0.25) is 0 Å². The third-order valence-electron chi connectivity index (χ3n) is 11.5. The Labute approximate surface area is 368 Å². The molecule has 0 aliphatic carbocycles. The minimum absolute atomic E-state index is 0.152. The second-order valence-corrected chi connectivity index (χ2v) is 17.5. The summed E-state index contributed by atoms with van der Waals surface area (Å²) in [5, 5.41) is 0. The van der Waals surface area contributed by atoms with Gasteiger partial charge in [-0.1, -0.05) is 241 Å². The second kappa shape index (κ2) is 41.0. The third-order valence-corrected chi connectivity index (χ3v) is 11.5. The minimum Gasteiger partial charge on any atom is -0.395 e. The lowest BCUT2D eigenvalue weighted by atomic mass is 10.0. The molecule has 0 saturated carbocycles. The van der Waals surface area contributed by atoms with Crippen molar-refractivity contribution in [2.75, 3.05) is 0 Å². The molecule has 0 atom stereocenters. The van der Waals surface area contributed by atoms with Gasteiger partial charge in [-0.2, -0.15) is 0 Å². The standard InChI is InChI=1S/C38H76N2O2.C15H14O3/c39-37(41)35-33-31-29-27-25-23-21-19-17-15-13-11-9-7-5-3-1-2-4-6-8-10-12-14-16-18-20-22-24-26-28-30-32-34-36-38(40)42;1-11-3-7-13(8-4-11)17-15(16)18-14-9-5-12(2)6-10-14/h1-36H2,(H2,39,41)(H2,40,42);3-10H,1-2H3. The highest BCUT2D eigenvalue weighted by molar-refractivity contribution is 5.73. The number of ether oxygens (including phenoxy) is 2. The number of aryl methyl sites for hydroxylation is 2. The van der Waals surface area contributed by atoms with Gasteiger partial charge in [0.25, 0.3) is 0 Å². The number of benzene rings is 2. The van der Waals surface area contributed by atoms with Gasteiger partial charge < -0.3 is 20.9 Å². The zero-order valence-corrected chi connectivity index (χ0v) is 38.8. The van der Waals surface area contributed by atoms with Crippen molar-refractivity contribution in [3.8, 4) is 11.5 Å². The first-order valence-electron chi connectivity index (χ1n) is 24.9. The number of nitrogens with two attached hydrogens (primary N) is 2. The Bertz CT molecular complexity index is 1180. The highest BCUT2D eigenvalue weighted by Gasteiger charge is 2.07. The lowest BCUT2D eigenvalue weighted by Crippen LogP contribution is -2.13. The summed E-state index contributed by atoms with van der Waals surface area (Å²) in [7, 11) is 0. The Balaban J connectivity index is 0.000000819. The zero-order valence-electron chi connectivity index (χ0n) is 38.8. The average Bonchev–Trinajstić information content (AvgIpc) is 3.22. The van der Waals surface area contributed by atoms with Crippen LogP contribution in [0.5, 0.6) is 11.5 Å². The Kier molecular flexibility index (Phi) is 37.4. The molecule has 0 radical (unpaired) electrons. The molecule has 7 nitrogen and oxygen atoms in total. The summed E-state index contributed by atoms with van der Waals surface area (Å²) in [6.07, 6.45) is 47.2. The SMILES string of the molecule is Cc1ccc(OC(=O)Oc2ccc(C)cc2)cc1.NC(=O)CCCCCCCCCCCCCCCCCCCCCCCCCCCCCCCCCCCCC(N)=O. The maximum Gasteiger partial charge on any atom is 0.519 e. The molecule has 2 rings (SSSR count). The maximum absolute atomic E-state index is 11.5. The first-order valence-corrected chi connectivity index (χ1v) is 24.9. The van der Waals surface area contributed by atoms with Gasteiger partial charge in [0, 0.05) is 12.8 Å². The van der Waals surface area contributed by atoms with Gasteiger partial charge in [0.1, 0.15) is 11.5 Å². The number of primary amides is 2. The summed E-state index contributed by atoms with van der Waals surface area (Å²) >= 11 is 0. The van der Waals surface area contributed by atoms with E-state index in [0.29, 0.717) is 24.3 Å². The third kappa shape index (κ3) is 38.8. The summed E-state index contributed by atoms with van der Waals surface area (Å²) in [6.45, 7) is 3.93. The van der Waals surface area contributed by atoms with Gasteiger partial charge in [0.2, 0.25) is 11.8 Å². The Morgan fingerprint density at radius 2 is 0.483 bits per heavy atom. The van der Waals surface area contributed by atoms with Gasteiger partial charge in [-0.25, -0.2) is 4.79 Å². The second-order valence-electron chi connectivity index (χ2n) is 17.5. The molecule has 0 aliphatic heterocycles. The van der Waals surface area contributed by atoms with Crippen LogP contribution >= 0.6 is 0 Å². The van der Waals surface area contributed by atoms with E-state index in [1.54, 1.807) is 24.3 Å². The van der Waals surface area contributed by atoms with Gasteiger partial charge in [-0.15, -0.1) is 0 Å². The molecule has 2 aromatic rings. The van der Waals surface area contributed by atoms with E-state index in [-0.39, 0.29) is 11.8 Å². The fourth-order valence-electron chi connectivity index (χ4n) is 7.68. The summed E-state index contributed by atoms with van der Waals surface area (Å²) in [5.74, 6) is 0.636. The number of amides is 2. The molecule has 2 amide bonds. The Morgan fingerprint density at radius 1 is 0.317 bits per heavy atom. The van der Waals surface area contributed by atoms with E-state index < -0.39 is 6.16 Å². The van der Waals surface area contributed by atoms with Crippen molar-refractivity contribution in [2.24, 2.45) is 11.5 Å². The van der Waals surface area contributed by atoms with E-state index in [1.165, 1.54) is 193 Å². The normalized spacial score (nSPS) is 10.9. The maximum atomic E-state index is 11.5. The average molecular weight is 835 g/mol. The fraction of sp³-hybridized carbons (Fsp3) is 0.717. The van der Waals surface area contributed by atoms with Gasteiger partial charge in [0.15, 0.2) is 0 Å². The predicted molar refractivity (Wildman–Crippen MR) is 254 cm³/mol. The number of hydrogen-bond donors (Lipinski definition) is 2. The molecule has 0 spiro atoms. The number of carbonyl (C=O) groups excluding carboxylic acids is 3. The van der Waals surface area contributed by atoms with E-state index in [4.69, 9.17) is 20.9 Å². The highest BCUT2D eigenvalue weighted by atomic mass is 16.7.